The summed E-state index contributed by atoms with van der Waals surface area (Å²) in [6.45, 7) is 1.91. The van der Waals surface area contributed by atoms with Gasteiger partial charge in [-0.05, 0) is 18.6 Å². The Kier molecular flexibility index (Phi) is 1.33. The maximum Gasteiger partial charge on any atom is 0.141 e. The van der Waals surface area contributed by atoms with Crippen LogP contribution in [0, 0.1) is 6.92 Å². The molecular weight excluding hydrogens is 96.9 g/mol. The lowest BCUT2D eigenvalue weighted by molar-refractivity contribution is 1.24. The molecule has 0 spiro atoms. The number of aryl methyl sites for hydroxylation is 1. The summed E-state index contributed by atoms with van der Waals surface area (Å²) >= 11 is 0. The van der Waals surface area contributed by atoms with Crippen molar-refractivity contribution >= 4 is 13.4 Å². The van der Waals surface area contributed by atoms with E-state index in [0.717, 1.165) is 5.69 Å². The molecule has 0 aliphatic rings. The number of aromatic nitrogens is 1. The summed E-state index contributed by atoms with van der Waals surface area (Å²) in [6, 6.07) is 5.57. The molecule has 0 aliphatic heterocycles. The highest BCUT2D eigenvalue weighted by atomic mass is 14.7. The molecule has 0 fully saturated rings. The van der Waals surface area contributed by atoms with Crippen molar-refractivity contribution in [3.63, 3.8) is 0 Å². The fraction of sp³-hybridized carbons (Fsp3) is 0.167. The second kappa shape index (κ2) is 1.99. The van der Waals surface area contributed by atoms with Crippen LogP contribution in [-0.4, -0.2) is 12.8 Å². The van der Waals surface area contributed by atoms with Gasteiger partial charge in [0.05, 0.1) is 0 Å². The zero-order chi connectivity index (χ0) is 5.98. The summed E-state index contributed by atoms with van der Waals surface area (Å²) in [6.07, 6.45) is 0. The minimum Gasteiger partial charge on any atom is -0.270 e. The van der Waals surface area contributed by atoms with Crippen LogP contribution in [0.3, 0.4) is 0 Å². The largest absolute Gasteiger partial charge is 0.270 e. The molecule has 0 bridgehead atoms. The standard InChI is InChI=1S/C6H6BN/c1-5-3-2-4-6(7)8-5/h2-4H,1H3. The maximum absolute atomic E-state index is 5.35. The van der Waals surface area contributed by atoms with Crippen molar-refractivity contribution in [2.24, 2.45) is 0 Å². The zero-order valence-corrected chi connectivity index (χ0v) is 4.76. The highest BCUT2D eigenvalue weighted by Crippen LogP contribution is 1.83. The van der Waals surface area contributed by atoms with Gasteiger partial charge in [-0.3, -0.25) is 4.98 Å². The van der Waals surface area contributed by atoms with Gasteiger partial charge in [0, 0.05) is 5.69 Å². The number of rotatable bonds is 0. The molecule has 0 atom stereocenters. The Morgan fingerprint density at radius 1 is 1.50 bits per heavy atom. The monoisotopic (exact) mass is 103 g/mol. The van der Waals surface area contributed by atoms with Crippen LogP contribution in [0.2, 0.25) is 0 Å². The lowest BCUT2D eigenvalue weighted by atomic mass is 10.0. The minimum atomic E-state index is 0.588. The molecule has 0 saturated carbocycles. The van der Waals surface area contributed by atoms with Crippen molar-refractivity contribution in [2.75, 3.05) is 0 Å². The van der Waals surface area contributed by atoms with E-state index in [1.807, 2.05) is 19.1 Å². The molecule has 0 N–H and O–H groups in total. The molecule has 8 heavy (non-hydrogen) atoms. The van der Waals surface area contributed by atoms with E-state index in [2.05, 4.69) is 4.98 Å². The molecule has 1 rings (SSSR count). The van der Waals surface area contributed by atoms with E-state index in [4.69, 9.17) is 7.85 Å². The molecule has 0 aliphatic carbocycles. The molecular formula is C6H6BN. The van der Waals surface area contributed by atoms with Crippen LogP contribution in [0.4, 0.5) is 0 Å². The van der Waals surface area contributed by atoms with E-state index in [9.17, 15) is 0 Å². The van der Waals surface area contributed by atoms with Crippen molar-refractivity contribution < 1.29 is 0 Å². The van der Waals surface area contributed by atoms with Crippen molar-refractivity contribution in [1.82, 2.24) is 4.98 Å². The molecule has 1 aromatic heterocycles. The number of hydrogen-bond donors (Lipinski definition) is 0. The van der Waals surface area contributed by atoms with Gasteiger partial charge in [0.1, 0.15) is 7.85 Å². The number of pyridine rings is 1. The van der Waals surface area contributed by atoms with Gasteiger partial charge in [-0.15, -0.1) is 0 Å². The highest BCUT2D eigenvalue weighted by molar-refractivity contribution is 6.30. The van der Waals surface area contributed by atoms with Crippen LogP contribution in [0.25, 0.3) is 0 Å². The van der Waals surface area contributed by atoms with Crippen LogP contribution in [0.1, 0.15) is 5.69 Å². The van der Waals surface area contributed by atoms with Gasteiger partial charge >= 0.3 is 0 Å². The summed E-state index contributed by atoms with van der Waals surface area (Å²) in [5.41, 5.74) is 1.55. The quantitative estimate of drug-likeness (QED) is 0.427. The third kappa shape index (κ3) is 1.09. The summed E-state index contributed by atoms with van der Waals surface area (Å²) < 4.78 is 0. The fourth-order valence-corrected chi connectivity index (χ4v) is 0.564. The Balaban J connectivity index is 3.08. The third-order valence-corrected chi connectivity index (χ3v) is 0.910. The van der Waals surface area contributed by atoms with Gasteiger partial charge in [0.15, 0.2) is 0 Å². The SMILES string of the molecule is [B]c1cccc(C)n1. The van der Waals surface area contributed by atoms with Crippen molar-refractivity contribution in [3.8, 4) is 0 Å². The fourth-order valence-electron chi connectivity index (χ4n) is 0.564. The van der Waals surface area contributed by atoms with Crippen LogP contribution in [0.15, 0.2) is 18.2 Å². The van der Waals surface area contributed by atoms with Gasteiger partial charge in [-0.2, -0.15) is 0 Å². The molecule has 38 valence electrons. The molecule has 0 amide bonds. The molecule has 0 unspecified atom stereocenters. The summed E-state index contributed by atoms with van der Waals surface area (Å²) in [4.78, 5) is 3.95. The van der Waals surface area contributed by atoms with Crippen molar-refractivity contribution in [1.29, 1.82) is 0 Å². The third-order valence-electron chi connectivity index (χ3n) is 0.910. The highest BCUT2D eigenvalue weighted by Gasteiger charge is 1.81. The maximum atomic E-state index is 5.35. The average Bonchev–Trinajstić information content (AvgIpc) is 1.64. The molecule has 2 radical (unpaired) electrons. The zero-order valence-electron chi connectivity index (χ0n) is 4.76. The Labute approximate surface area is 50.2 Å². The van der Waals surface area contributed by atoms with E-state index in [1.165, 1.54) is 0 Å². The topological polar surface area (TPSA) is 12.9 Å². The summed E-state index contributed by atoms with van der Waals surface area (Å²) in [7, 11) is 5.35. The number of nitrogens with zero attached hydrogens (tertiary/aromatic N) is 1. The van der Waals surface area contributed by atoms with Gasteiger partial charge in [0.2, 0.25) is 0 Å². The Hall–Kier alpha value is -0.785. The van der Waals surface area contributed by atoms with Gasteiger partial charge in [-0.25, -0.2) is 0 Å². The molecule has 2 heteroatoms. The second-order valence-corrected chi connectivity index (χ2v) is 1.70. The summed E-state index contributed by atoms with van der Waals surface area (Å²) in [5.74, 6) is 0. The van der Waals surface area contributed by atoms with Crippen molar-refractivity contribution in [3.05, 3.63) is 23.9 Å². The smallest absolute Gasteiger partial charge is 0.141 e. The Bertz CT molecular complexity index is 168. The predicted molar refractivity (Wildman–Crippen MR) is 34.4 cm³/mol. The first-order chi connectivity index (χ1) is 3.79. The lowest BCUT2D eigenvalue weighted by Crippen LogP contribution is -2.07. The first-order valence-corrected chi connectivity index (χ1v) is 2.48. The van der Waals surface area contributed by atoms with Gasteiger partial charge < -0.3 is 0 Å². The number of hydrogen-bond acceptors (Lipinski definition) is 1. The summed E-state index contributed by atoms with van der Waals surface area (Å²) in [5, 5.41) is 0. The molecule has 0 saturated heterocycles. The molecule has 1 heterocycles. The normalized spacial score (nSPS) is 9.12. The van der Waals surface area contributed by atoms with E-state index in [-0.39, 0.29) is 0 Å². The van der Waals surface area contributed by atoms with E-state index >= 15 is 0 Å². The van der Waals surface area contributed by atoms with Crippen LogP contribution >= 0.6 is 0 Å². The average molecular weight is 103 g/mol. The van der Waals surface area contributed by atoms with E-state index in [1.54, 1.807) is 6.07 Å². The molecule has 1 nitrogen and oxygen atoms in total. The molecule has 0 aromatic carbocycles. The minimum absolute atomic E-state index is 0.588. The first-order valence-electron chi connectivity index (χ1n) is 2.48. The first kappa shape index (κ1) is 5.35. The van der Waals surface area contributed by atoms with Crippen molar-refractivity contribution in [2.45, 2.75) is 6.92 Å². The van der Waals surface area contributed by atoms with E-state index < -0.39 is 0 Å². The van der Waals surface area contributed by atoms with Crippen LogP contribution < -0.4 is 5.59 Å². The van der Waals surface area contributed by atoms with Gasteiger partial charge in [-0.1, -0.05) is 12.1 Å². The second-order valence-electron chi connectivity index (χ2n) is 1.70. The molecule has 1 aromatic rings. The van der Waals surface area contributed by atoms with Crippen LogP contribution in [0.5, 0.6) is 0 Å². The lowest BCUT2D eigenvalue weighted by Gasteiger charge is -1.90. The Morgan fingerprint density at radius 2 is 2.25 bits per heavy atom. The predicted octanol–water partition coefficient (Wildman–Crippen LogP) is 0.184. The van der Waals surface area contributed by atoms with E-state index in [0.29, 0.717) is 5.59 Å². The Morgan fingerprint density at radius 3 is 2.62 bits per heavy atom. The van der Waals surface area contributed by atoms with Crippen LogP contribution in [-0.2, 0) is 0 Å². The van der Waals surface area contributed by atoms with Gasteiger partial charge in [0.25, 0.3) is 0 Å².